The molecule has 0 radical (unpaired) electrons. The number of nitrogens with zero attached hydrogens (tertiary/aromatic N) is 2. The summed E-state index contributed by atoms with van der Waals surface area (Å²) in [6.45, 7) is 5.20. The zero-order valence-electron chi connectivity index (χ0n) is 14.5. The fourth-order valence-corrected chi connectivity index (χ4v) is 3.67. The quantitative estimate of drug-likeness (QED) is 0.604. The van der Waals surface area contributed by atoms with Crippen LogP contribution in [0.1, 0.15) is 24.2 Å². The number of halogens is 2. The molecule has 3 rings (SSSR count). The number of benzene rings is 2. The van der Waals surface area contributed by atoms with E-state index in [0.717, 1.165) is 5.56 Å². The van der Waals surface area contributed by atoms with Crippen LogP contribution in [0.25, 0.3) is 22.0 Å². The van der Waals surface area contributed by atoms with Gasteiger partial charge in [-0.1, -0.05) is 53.5 Å². The van der Waals surface area contributed by atoms with Crippen molar-refractivity contribution in [3.05, 3.63) is 58.1 Å². The highest BCUT2D eigenvalue weighted by molar-refractivity contribution is 6.39. The lowest BCUT2D eigenvalue weighted by atomic mass is 9.95. The van der Waals surface area contributed by atoms with E-state index in [2.05, 4.69) is 4.98 Å². The normalized spacial score (nSPS) is 10.9. The van der Waals surface area contributed by atoms with Gasteiger partial charge in [0.15, 0.2) is 0 Å². The van der Waals surface area contributed by atoms with Crippen LogP contribution in [-0.2, 0) is 0 Å². The first-order valence-corrected chi connectivity index (χ1v) is 9.09. The molecule has 3 aromatic rings. The van der Waals surface area contributed by atoms with E-state index >= 15 is 0 Å². The Morgan fingerprint density at radius 3 is 2.35 bits per heavy atom. The van der Waals surface area contributed by atoms with Crippen molar-refractivity contribution < 1.29 is 9.90 Å². The van der Waals surface area contributed by atoms with Gasteiger partial charge < -0.3 is 10.0 Å². The summed E-state index contributed by atoms with van der Waals surface area (Å²) in [6, 6.07) is 12.7. The zero-order chi connectivity index (χ0) is 18.8. The van der Waals surface area contributed by atoms with Crippen LogP contribution in [0.3, 0.4) is 0 Å². The Kier molecular flexibility index (Phi) is 5.35. The molecule has 1 heterocycles. The Balaban J connectivity index is 2.54. The van der Waals surface area contributed by atoms with Crippen molar-refractivity contribution in [3.63, 3.8) is 0 Å². The largest absolute Gasteiger partial charge is 0.478 e. The van der Waals surface area contributed by atoms with Crippen LogP contribution in [0.2, 0.25) is 10.0 Å². The Morgan fingerprint density at radius 2 is 1.77 bits per heavy atom. The third-order valence-corrected chi connectivity index (χ3v) is 4.83. The summed E-state index contributed by atoms with van der Waals surface area (Å²) in [5.74, 6) is -0.616. The number of pyridine rings is 1. The number of hydrogen-bond acceptors (Lipinski definition) is 3. The van der Waals surface area contributed by atoms with Crippen molar-refractivity contribution in [2.75, 3.05) is 18.0 Å². The Labute approximate surface area is 162 Å². The maximum absolute atomic E-state index is 12.2. The molecule has 6 heteroatoms. The third-order valence-electron chi connectivity index (χ3n) is 4.33. The summed E-state index contributed by atoms with van der Waals surface area (Å²) in [4.78, 5) is 18.8. The van der Waals surface area contributed by atoms with Crippen molar-refractivity contribution in [1.29, 1.82) is 0 Å². The van der Waals surface area contributed by atoms with E-state index in [1.807, 2.05) is 49.1 Å². The van der Waals surface area contributed by atoms with Crippen molar-refractivity contribution >= 4 is 45.9 Å². The number of carboxylic acid groups (broad SMARTS) is 1. The van der Waals surface area contributed by atoms with Gasteiger partial charge in [0.1, 0.15) is 11.4 Å². The summed E-state index contributed by atoms with van der Waals surface area (Å²) in [5, 5.41) is 11.5. The lowest BCUT2D eigenvalue weighted by molar-refractivity contribution is 0.0698. The molecule has 0 aliphatic rings. The first kappa shape index (κ1) is 18.5. The van der Waals surface area contributed by atoms with Crippen molar-refractivity contribution in [2.45, 2.75) is 13.8 Å². The van der Waals surface area contributed by atoms with Crippen molar-refractivity contribution in [3.8, 4) is 11.1 Å². The van der Waals surface area contributed by atoms with Crippen LogP contribution in [0.5, 0.6) is 0 Å². The molecule has 0 spiro atoms. The number of hydrogen-bond donors (Lipinski definition) is 1. The summed E-state index contributed by atoms with van der Waals surface area (Å²) in [7, 11) is 0. The summed E-state index contributed by atoms with van der Waals surface area (Å²) in [5.41, 5.74) is 2.06. The number of carbonyl (C=O) groups is 1. The zero-order valence-corrected chi connectivity index (χ0v) is 16.0. The van der Waals surface area contributed by atoms with Crippen LogP contribution >= 0.6 is 23.2 Å². The molecule has 1 aromatic heterocycles. The summed E-state index contributed by atoms with van der Waals surface area (Å²) >= 11 is 12.6. The molecule has 0 bridgehead atoms. The molecule has 4 nitrogen and oxygen atoms in total. The predicted octanol–water partition coefficient (Wildman–Crippen LogP) is 5.75. The van der Waals surface area contributed by atoms with Crippen molar-refractivity contribution in [2.24, 2.45) is 0 Å². The van der Waals surface area contributed by atoms with Crippen LogP contribution in [0, 0.1) is 0 Å². The number of aromatic carboxylic acids is 1. The van der Waals surface area contributed by atoms with Gasteiger partial charge in [0.05, 0.1) is 10.5 Å². The molecule has 134 valence electrons. The van der Waals surface area contributed by atoms with E-state index in [1.165, 1.54) is 0 Å². The van der Waals surface area contributed by atoms with Crippen LogP contribution in [-0.4, -0.2) is 29.1 Å². The van der Waals surface area contributed by atoms with Gasteiger partial charge in [-0.15, -0.1) is 0 Å². The van der Waals surface area contributed by atoms with Gasteiger partial charge in [-0.3, -0.25) is 0 Å². The molecule has 0 fully saturated rings. The molecular weight excluding hydrogens is 371 g/mol. The van der Waals surface area contributed by atoms with Gasteiger partial charge in [-0.05, 0) is 31.5 Å². The molecule has 0 saturated carbocycles. The SMILES string of the molecule is CCN(CC)c1nc2c(Cl)cc(Cl)cc2c(-c2ccccc2)c1C(=O)O. The molecule has 1 N–H and O–H groups in total. The first-order chi connectivity index (χ1) is 12.5. The van der Waals surface area contributed by atoms with Gasteiger partial charge in [0.25, 0.3) is 0 Å². The van der Waals surface area contributed by atoms with E-state index < -0.39 is 5.97 Å². The average molecular weight is 389 g/mol. The standard InChI is InChI=1S/C20H18Cl2N2O2/c1-3-24(4-2)19-17(20(25)26)16(12-8-6-5-7-9-12)14-10-13(21)11-15(22)18(14)23-19/h5-11H,3-4H2,1-2H3,(H,25,26). The smallest absolute Gasteiger partial charge is 0.340 e. The molecule has 0 saturated heterocycles. The fourth-order valence-electron chi connectivity index (χ4n) is 3.14. The van der Waals surface area contributed by atoms with E-state index in [4.69, 9.17) is 23.2 Å². The molecule has 0 atom stereocenters. The number of aromatic nitrogens is 1. The van der Waals surface area contributed by atoms with E-state index in [0.29, 0.717) is 45.4 Å². The van der Waals surface area contributed by atoms with Gasteiger partial charge in [-0.2, -0.15) is 0 Å². The molecule has 0 unspecified atom stereocenters. The number of fused-ring (bicyclic) bond motifs is 1. The Bertz CT molecular complexity index is 971. The third kappa shape index (κ3) is 3.22. The minimum absolute atomic E-state index is 0.158. The Morgan fingerprint density at radius 1 is 1.12 bits per heavy atom. The predicted molar refractivity (Wildman–Crippen MR) is 108 cm³/mol. The second kappa shape index (κ2) is 7.52. The highest BCUT2D eigenvalue weighted by Gasteiger charge is 2.25. The average Bonchev–Trinajstić information content (AvgIpc) is 2.62. The first-order valence-electron chi connectivity index (χ1n) is 8.34. The van der Waals surface area contributed by atoms with Gasteiger partial charge in [0.2, 0.25) is 0 Å². The van der Waals surface area contributed by atoms with Gasteiger partial charge in [-0.25, -0.2) is 9.78 Å². The topological polar surface area (TPSA) is 53.4 Å². The lowest BCUT2D eigenvalue weighted by Gasteiger charge is -2.24. The van der Waals surface area contributed by atoms with Gasteiger partial charge >= 0.3 is 5.97 Å². The van der Waals surface area contributed by atoms with Crippen molar-refractivity contribution in [1.82, 2.24) is 4.98 Å². The van der Waals surface area contributed by atoms with E-state index in [1.54, 1.807) is 12.1 Å². The summed E-state index contributed by atoms with van der Waals surface area (Å²) in [6.07, 6.45) is 0. The molecule has 0 aliphatic heterocycles. The van der Waals surface area contributed by atoms with E-state index in [9.17, 15) is 9.90 Å². The van der Waals surface area contributed by atoms with Crippen LogP contribution < -0.4 is 4.90 Å². The maximum Gasteiger partial charge on any atom is 0.340 e. The molecular formula is C20H18Cl2N2O2. The number of anilines is 1. The highest BCUT2D eigenvalue weighted by atomic mass is 35.5. The molecule has 0 amide bonds. The van der Waals surface area contributed by atoms with Crippen LogP contribution in [0.15, 0.2) is 42.5 Å². The van der Waals surface area contributed by atoms with E-state index in [-0.39, 0.29) is 5.56 Å². The highest BCUT2D eigenvalue weighted by Crippen LogP contribution is 2.40. The summed E-state index contributed by atoms with van der Waals surface area (Å²) < 4.78 is 0. The molecule has 26 heavy (non-hydrogen) atoms. The number of rotatable bonds is 5. The Hall–Kier alpha value is -2.30. The second-order valence-corrected chi connectivity index (χ2v) is 6.66. The monoisotopic (exact) mass is 388 g/mol. The fraction of sp³-hybridized carbons (Fsp3) is 0.200. The number of carboxylic acids is 1. The van der Waals surface area contributed by atoms with Crippen LogP contribution in [0.4, 0.5) is 5.82 Å². The lowest BCUT2D eigenvalue weighted by Crippen LogP contribution is -2.26. The molecule has 0 aliphatic carbocycles. The minimum atomic E-state index is -1.03. The second-order valence-electron chi connectivity index (χ2n) is 5.81. The molecule has 2 aromatic carbocycles. The minimum Gasteiger partial charge on any atom is -0.478 e. The van der Waals surface area contributed by atoms with Gasteiger partial charge in [0, 0.05) is 29.1 Å². The maximum atomic E-state index is 12.2.